The Labute approximate surface area is 157 Å². The topological polar surface area (TPSA) is 74.3 Å². The number of rotatable bonds is 4. The number of pyridine rings is 1. The Balaban J connectivity index is 1.63. The lowest BCUT2D eigenvalue weighted by Crippen LogP contribution is -2.47. The number of carbonyl (C=O) groups excluding carboxylic acids is 2. The van der Waals surface area contributed by atoms with Crippen LogP contribution in [0.15, 0.2) is 42.6 Å². The lowest BCUT2D eigenvalue weighted by molar-refractivity contribution is -0.133. The first kappa shape index (κ1) is 18.4. The van der Waals surface area contributed by atoms with Crippen LogP contribution in [0.1, 0.15) is 28.8 Å². The fourth-order valence-electron chi connectivity index (χ4n) is 2.87. The summed E-state index contributed by atoms with van der Waals surface area (Å²) in [5.74, 6) is -0.333. The van der Waals surface area contributed by atoms with Gasteiger partial charge in [0, 0.05) is 38.1 Å². The van der Waals surface area contributed by atoms with Crippen molar-refractivity contribution in [2.24, 2.45) is 0 Å². The minimum absolute atomic E-state index is 0.135. The maximum absolute atomic E-state index is 12.6. The lowest BCUT2D eigenvalue weighted by Gasteiger charge is -2.30. The van der Waals surface area contributed by atoms with Crippen LogP contribution in [0.5, 0.6) is 0 Å². The van der Waals surface area contributed by atoms with Gasteiger partial charge in [-0.3, -0.25) is 9.59 Å². The summed E-state index contributed by atoms with van der Waals surface area (Å²) < 4.78 is 0. The summed E-state index contributed by atoms with van der Waals surface area (Å²) in [7, 11) is 0. The van der Waals surface area contributed by atoms with Crippen LogP contribution in [0.4, 0.5) is 5.69 Å². The largest absolute Gasteiger partial charge is 0.340 e. The summed E-state index contributed by atoms with van der Waals surface area (Å²) >= 11 is 5.73. The molecule has 0 bridgehead atoms. The Morgan fingerprint density at radius 1 is 1.15 bits per heavy atom. The van der Waals surface area contributed by atoms with Crippen molar-refractivity contribution in [1.29, 1.82) is 0 Å². The molecule has 1 saturated heterocycles. The van der Waals surface area contributed by atoms with Crippen LogP contribution in [-0.4, -0.2) is 47.9 Å². The lowest BCUT2D eigenvalue weighted by atomic mass is 9.99. The molecule has 26 heavy (non-hydrogen) atoms. The summed E-state index contributed by atoms with van der Waals surface area (Å²) in [6.07, 6.45) is 1.43. The van der Waals surface area contributed by atoms with E-state index in [2.05, 4.69) is 15.6 Å². The molecule has 2 heterocycles. The Kier molecular flexibility index (Phi) is 5.85. The molecule has 2 amide bonds. The van der Waals surface area contributed by atoms with Gasteiger partial charge in [0.1, 0.15) is 5.15 Å². The second-order valence-electron chi connectivity index (χ2n) is 6.24. The molecule has 0 saturated carbocycles. The number of nitrogens with one attached hydrogen (secondary N) is 2. The van der Waals surface area contributed by atoms with E-state index >= 15 is 0 Å². The second-order valence-corrected chi connectivity index (χ2v) is 6.63. The smallest absolute Gasteiger partial charge is 0.257 e. The zero-order chi connectivity index (χ0) is 18.5. The van der Waals surface area contributed by atoms with Gasteiger partial charge in [0.25, 0.3) is 5.91 Å². The van der Waals surface area contributed by atoms with E-state index in [1.54, 1.807) is 24.3 Å². The molecule has 3 rings (SSSR count). The third-order valence-electron chi connectivity index (χ3n) is 4.46. The minimum atomic E-state index is -0.258. The van der Waals surface area contributed by atoms with Crippen molar-refractivity contribution in [2.45, 2.75) is 12.8 Å². The summed E-state index contributed by atoms with van der Waals surface area (Å²) in [5.41, 5.74) is 2.02. The molecule has 0 spiro atoms. The predicted molar refractivity (Wildman–Crippen MR) is 102 cm³/mol. The van der Waals surface area contributed by atoms with Crippen LogP contribution in [0.2, 0.25) is 5.15 Å². The van der Waals surface area contributed by atoms with Gasteiger partial charge in [-0.1, -0.05) is 23.7 Å². The van der Waals surface area contributed by atoms with E-state index in [0.717, 1.165) is 31.7 Å². The van der Waals surface area contributed by atoms with E-state index in [1.807, 2.05) is 24.0 Å². The summed E-state index contributed by atoms with van der Waals surface area (Å²) in [6.45, 7) is 5.07. The van der Waals surface area contributed by atoms with Crippen molar-refractivity contribution in [1.82, 2.24) is 15.2 Å². The highest BCUT2D eigenvalue weighted by Crippen LogP contribution is 2.21. The van der Waals surface area contributed by atoms with Crippen molar-refractivity contribution in [3.63, 3.8) is 0 Å². The van der Waals surface area contributed by atoms with E-state index in [4.69, 9.17) is 11.6 Å². The number of hydrogen-bond acceptors (Lipinski definition) is 4. The monoisotopic (exact) mass is 372 g/mol. The van der Waals surface area contributed by atoms with Crippen LogP contribution in [0, 0.1) is 0 Å². The first-order chi connectivity index (χ1) is 12.5. The van der Waals surface area contributed by atoms with E-state index < -0.39 is 0 Å². The van der Waals surface area contributed by atoms with E-state index in [9.17, 15) is 9.59 Å². The van der Waals surface area contributed by atoms with Crippen molar-refractivity contribution >= 4 is 29.1 Å². The average Bonchev–Trinajstić information content (AvgIpc) is 2.68. The van der Waals surface area contributed by atoms with Crippen molar-refractivity contribution in [3.05, 3.63) is 58.9 Å². The van der Waals surface area contributed by atoms with Gasteiger partial charge in [-0.15, -0.1) is 0 Å². The fraction of sp³-hybridized carbons (Fsp3) is 0.316. The average molecular weight is 373 g/mol. The van der Waals surface area contributed by atoms with Gasteiger partial charge in [-0.25, -0.2) is 4.98 Å². The number of halogens is 1. The number of anilines is 1. The summed E-state index contributed by atoms with van der Waals surface area (Å²) in [6, 6.07) is 10.5. The normalized spacial score (nSPS) is 15.4. The zero-order valence-corrected chi connectivity index (χ0v) is 15.3. The van der Waals surface area contributed by atoms with Crippen LogP contribution in [0.25, 0.3) is 0 Å². The van der Waals surface area contributed by atoms with Gasteiger partial charge in [0.15, 0.2) is 0 Å². The van der Waals surface area contributed by atoms with Gasteiger partial charge < -0.3 is 15.5 Å². The molecule has 1 aromatic carbocycles. The highest BCUT2D eigenvalue weighted by Gasteiger charge is 2.23. The summed E-state index contributed by atoms with van der Waals surface area (Å²) in [5, 5.41) is 6.40. The molecule has 1 unspecified atom stereocenters. The number of piperazine rings is 1. The predicted octanol–water partition coefficient (Wildman–Crippen LogP) is 2.52. The van der Waals surface area contributed by atoms with Crippen LogP contribution in [-0.2, 0) is 4.79 Å². The molecule has 1 aromatic heterocycles. The van der Waals surface area contributed by atoms with Crippen molar-refractivity contribution in [2.75, 3.05) is 31.5 Å². The molecular weight excluding hydrogens is 352 g/mol. The SMILES string of the molecule is CC(C(=O)N1CCNCC1)c1ccc(NC(=O)c2ccc(Cl)nc2)cc1. The fourth-order valence-corrected chi connectivity index (χ4v) is 2.98. The molecule has 2 aromatic rings. The standard InChI is InChI=1S/C19H21ClN4O2/c1-13(19(26)24-10-8-21-9-11-24)14-2-5-16(6-3-14)23-18(25)15-4-7-17(20)22-12-15/h2-7,12-13,21H,8-11H2,1H3,(H,23,25). The molecule has 7 heteroatoms. The molecule has 1 aliphatic rings. The van der Waals surface area contributed by atoms with Crippen LogP contribution in [0.3, 0.4) is 0 Å². The van der Waals surface area contributed by atoms with Gasteiger partial charge in [-0.2, -0.15) is 0 Å². The molecule has 6 nitrogen and oxygen atoms in total. The van der Waals surface area contributed by atoms with E-state index in [1.165, 1.54) is 6.20 Å². The number of nitrogens with zero attached hydrogens (tertiary/aromatic N) is 2. The number of hydrogen-bond donors (Lipinski definition) is 2. The minimum Gasteiger partial charge on any atom is -0.340 e. The number of amides is 2. The number of aromatic nitrogens is 1. The zero-order valence-electron chi connectivity index (χ0n) is 14.5. The van der Waals surface area contributed by atoms with Crippen LogP contribution >= 0.6 is 11.6 Å². The molecule has 0 aliphatic carbocycles. The Morgan fingerprint density at radius 3 is 2.46 bits per heavy atom. The van der Waals surface area contributed by atoms with Crippen molar-refractivity contribution in [3.8, 4) is 0 Å². The highest BCUT2D eigenvalue weighted by atomic mass is 35.5. The molecular formula is C19H21ClN4O2. The van der Waals surface area contributed by atoms with Gasteiger partial charge in [0.05, 0.1) is 11.5 Å². The molecule has 1 atom stereocenters. The summed E-state index contributed by atoms with van der Waals surface area (Å²) in [4.78, 5) is 30.6. The Hall–Kier alpha value is -2.44. The molecule has 1 aliphatic heterocycles. The maximum Gasteiger partial charge on any atom is 0.257 e. The quantitative estimate of drug-likeness (QED) is 0.809. The Morgan fingerprint density at radius 2 is 1.85 bits per heavy atom. The molecule has 2 N–H and O–H groups in total. The van der Waals surface area contributed by atoms with Gasteiger partial charge in [0.2, 0.25) is 5.91 Å². The van der Waals surface area contributed by atoms with E-state index in [0.29, 0.717) is 16.4 Å². The number of carbonyl (C=O) groups is 2. The highest BCUT2D eigenvalue weighted by molar-refractivity contribution is 6.29. The first-order valence-corrected chi connectivity index (χ1v) is 8.95. The third-order valence-corrected chi connectivity index (χ3v) is 4.68. The van der Waals surface area contributed by atoms with Crippen molar-refractivity contribution < 1.29 is 9.59 Å². The van der Waals surface area contributed by atoms with E-state index in [-0.39, 0.29) is 17.7 Å². The van der Waals surface area contributed by atoms with Gasteiger partial charge >= 0.3 is 0 Å². The molecule has 1 fully saturated rings. The number of benzene rings is 1. The van der Waals surface area contributed by atoms with Gasteiger partial charge in [-0.05, 0) is 36.8 Å². The maximum atomic E-state index is 12.6. The molecule has 0 radical (unpaired) electrons. The first-order valence-electron chi connectivity index (χ1n) is 8.57. The molecule has 136 valence electrons. The second kappa shape index (κ2) is 8.29. The third kappa shape index (κ3) is 4.39. The Bertz CT molecular complexity index is 771. The van der Waals surface area contributed by atoms with Crippen LogP contribution < -0.4 is 10.6 Å².